The molecule has 1 rings (SSSR count). The molecule has 0 bridgehead atoms. The van der Waals surface area contributed by atoms with Gasteiger partial charge in [0.1, 0.15) is 6.10 Å². The Kier molecular flexibility index (Phi) is 10.7. The second-order valence-corrected chi connectivity index (χ2v) is 6.57. The van der Waals surface area contributed by atoms with Crippen LogP contribution in [-0.4, -0.2) is 62.8 Å². The number of hydrogen-bond donors (Lipinski definition) is 2. The van der Waals surface area contributed by atoms with Gasteiger partial charge in [0, 0.05) is 19.8 Å². The third-order valence-corrected chi connectivity index (χ3v) is 4.35. The number of esters is 2. The molecule has 0 aromatic carbocycles. The lowest BCUT2D eigenvalue weighted by Crippen LogP contribution is -2.57. The van der Waals surface area contributed by atoms with Gasteiger partial charge in [-0.2, -0.15) is 0 Å². The largest absolute Gasteiger partial charge is 0.458 e. The van der Waals surface area contributed by atoms with Gasteiger partial charge in [-0.15, -0.1) is 0 Å². The third kappa shape index (κ3) is 7.57. The average Bonchev–Trinajstić information content (AvgIpc) is 2.58. The van der Waals surface area contributed by atoms with Gasteiger partial charge < -0.3 is 30.0 Å². The fourth-order valence-corrected chi connectivity index (χ4v) is 3.07. The van der Waals surface area contributed by atoms with Crippen molar-refractivity contribution < 1.29 is 28.5 Å². The maximum atomic E-state index is 11.5. The molecule has 0 aromatic rings. The van der Waals surface area contributed by atoms with Crippen LogP contribution in [0.3, 0.4) is 0 Å². The summed E-state index contributed by atoms with van der Waals surface area (Å²) < 4.78 is 22.7. The van der Waals surface area contributed by atoms with Crippen molar-refractivity contribution in [2.45, 2.75) is 71.6 Å². The van der Waals surface area contributed by atoms with Crippen LogP contribution in [0, 0.1) is 5.92 Å². The quantitative estimate of drug-likeness (QED) is 0.407. The van der Waals surface area contributed by atoms with E-state index in [9.17, 15) is 9.59 Å². The second kappa shape index (κ2) is 12.2. The second-order valence-electron chi connectivity index (χ2n) is 6.57. The van der Waals surface area contributed by atoms with E-state index in [1.54, 1.807) is 0 Å². The molecule has 1 aliphatic heterocycles. The monoisotopic (exact) mass is 374 g/mol. The Morgan fingerprint density at radius 3 is 2.27 bits per heavy atom. The fourth-order valence-electron chi connectivity index (χ4n) is 3.07. The number of nitrogens with two attached hydrogens (primary N) is 1. The molecule has 5 atom stereocenters. The molecule has 0 amide bonds. The van der Waals surface area contributed by atoms with Gasteiger partial charge in [0.25, 0.3) is 0 Å². The Bertz CT molecular complexity index is 434. The third-order valence-electron chi connectivity index (χ3n) is 4.35. The summed E-state index contributed by atoms with van der Waals surface area (Å²) >= 11 is 0. The van der Waals surface area contributed by atoms with Crippen molar-refractivity contribution in [3.63, 3.8) is 0 Å². The zero-order valence-corrected chi connectivity index (χ0v) is 16.4. The molecule has 0 saturated carbocycles. The van der Waals surface area contributed by atoms with Crippen molar-refractivity contribution in [3.05, 3.63) is 0 Å². The molecule has 1 saturated heterocycles. The van der Waals surface area contributed by atoms with E-state index >= 15 is 0 Å². The number of nitrogens with one attached hydrogen (secondary N) is 1. The van der Waals surface area contributed by atoms with E-state index in [4.69, 9.17) is 24.7 Å². The summed E-state index contributed by atoms with van der Waals surface area (Å²) in [5.74, 6) is -0.986. The van der Waals surface area contributed by atoms with Gasteiger partial charge in [-0.1, -0.05) is 13.8 Å². The predicted octanol–water partition coefficient (Wildman–Crippen LogP) is 0.966. The average molecular weight is 374 g/mol. The van der Waals surface area contributed by atoms with Crippen LogP contribution >= 0.6 is 0 Å². The van der Waals surface area contributed by atoms with Crippen molar-refractivity contribution in [1.29, 1.82) is 0 Å². The Balaban J connectivity index is 2.67. The molecule has 0 aromatic heterocycles. The summed E-state index contributed by atoms with van der Waals surface area (Å²) in [4.78, 5) is 23.0. The highest BCUT2D eigenvalue weighted by molar-refractivity contribution is 5.67. The molecule has 0 radical (unpaired) electrons. The normalized spacial score (nSPS) is 28.6. The summed E-state index contributed by atoms with van der Waals surface area (Å²) in [6.45, 7) is 9.36. The first kappa shape index (κ1) is 22.8. The highest BCUT2D eigenvalue weighted by atomic mass is 16.7. The van der Waals surface area contributed by atoms with Crippen LogP contribution in [0.1, 0.15) is 47.0 Å². The van der Waals surface area contributed by atoms with E-state index in [1.807, 2.05) is 13.8 Å². The molecule has 1 heterocycles. The number of rotatable bonds is 11. The summed E-state index contributed by atoms with van der Waals surface area (Å²) in [5.41, 5.74) is 5.45. The van der Waals surface area contributed by atoms with Gasteiger partial charge in [-0.05, 0) is 38.9 Å². The van der Waals surface area contributed by atoms with E-state index in [2.05, 4.69) is 5.32 Å². The SMILES string of the molecule is CCC1OC(OCCCNCCCN)C(OC(C)=O)C(OC(C)=O)C1C. The first-order valence-electron chi connectivity index (χ1n) is 9.43. The lowest BCUT2D eigenvalue weighted by molar-refractivity contribution is -0.290. The Labute approximate surface area is 156 Å². The van der Waals surface area contributed by atoms with E-state index in [0.717, 1.165) is 32.4 Å². The summed E-state index contributed by atoms with van der Waals surface area (Å²) in [5, 5.41) is 3.27. The van der Waals surface area contributed by atoms with Gasteiger partial charge in [0.15, 0.2) is 12.4 Å². The Hall–Kier alpha value is -1.22. The van der Waals surface area contributed by atoms with Gasteiger partial charge >= 0.3 is 11.9 Å². The van der Waals surface area contributed by atoms with Gasteiger partial charge in [-0.3, -0.25) is 9.59 Å². The molecular formula is C18H34N2O6. The van der Waals surface area contributed by atoms with Crippen LogP contribution in [0.4, 0.5) is 0 Å². The summed E-state index contributed by atoms with van der Waals surface area (Å²) in [6, 6.07) is 0. The van der Waals surface area contributed by atoms with Crippen molar-refractivity contribution in [2.24, 2.45) is 11.7 Å². The van der Waals surface area contributed by atoms with E-state index in [-0.39, 0.29) is 12.0 Å². The molecule has 8 nitrogen and oxygen atoms in total. The molecule has 8 heteroatoms. The first-order valence-corrected chi connectivity index (χ1v) is 9.43. The van der Waals surface area contributed by atoms with Crippen molar-refractivity contribution in [3.8, 4) is 0 Å². The molecule has 1 aliphatic rings. The van der Waals surface area contributed by atoms with Crippen LogP contribution in [0.5, 0.6) is 0 Å². The number of ether oxygens (including phenoxy) is 4. The van der Waals surface area contributed by atoms with Crippen LogP contribution in [0.25, 0.3) is 0 Å². The number of carbonyl (C=O) groups is 2. The van der Waals surface area contributed by atoms with E-state index in [0.29, 0.717) is 13.2 Å². The lowest BCUT2D eigenvalue weighted by atomic mass is 9.89. The van der Waals surface area contributed by atoms with E-state index < -0.39 is 30.4 Å². The number of carbonyl (C=O) groups excluding carboxylic acids is 2. The van der Waals surface area contributed by atoms with Crippen molar-refractivity contribution in [1.82, 2.24) is 5.32 Å². The Morgan fingerprint density at radius 2 is 1.69 bits per heavy atom. The summed E-state index contributed by atoms with van der Waals surface area (Å²) in [7, 11) is 0. The minimum absolute atomic E-state index is 0.106. The molecule has 0 aliphatic carbocycles. The van der Waals surface area contributed by atoms with Crippen LogP contribution in [0.15, 0.2) is 0 Å². The van der Waals surface area contributed by atoms with Gasteiger partial charge in [-0.25, -0.2) is 0 Å². The van der Waals surface area contributed by atoms with E-state index in [1.165, 1.54) is 13.8 Å². The topological polar surface area (TPSA) is 109 Å². The first-order chi connectivity index (χ1) is 12.4. The van der Waals surface area contributed by atoms with Gasteiger partial charge in [0.05, 0.1) is 12.7 Å². The van der Waals surface area contributed by atoms with Gasteiger partial charge in [0.2, 0.25) is 0 Å². The number of hydrogen-bond acceptors (Lipinski definition) is 8. The molecular weight excluding hydrogens is 340 g/mol. The highest BCUT2D eigenvalue weighted by Crippen LogP contribution is 2.32. The highest BCUT2D eigenvalue weighted by Gasteiger charge is 2.47. The molecule has 152 valence electrons. The molecule has 3 N–H and O–H groups in total. The molecule has 1 fully saturated rings. The lowest BCUT2D eigenvalue weighted by Gasteiger charge is -2.43. The minimum atomic E-state index is -0.778. The molecule has 26 heavy (non-hydrogen) atoms. The maximum absolute atomic E-state index is 11.5. The summed E-state index contributed by atoms with van der Waals surface area (Å²) in [6.07, 6.45) is 0.185. The van der Waals surface area contributed by atoms with Crippen LogP contribution in [-0.2, 0) is 28.5 Å². The zero-order chi connectivity index (χ0) is 19.5. The molecule has 0 spiro atoms. The Morgan fingerprint density at radius 1 is 1.08 bits per heavy atom. The smallest absolute Gasteiger partial charge is 0.303 e. The zero-order valence-electron chi connectivity index (χ0n) is 16.4. The minimum Gasteiger partial charge on any atom is -0.458 e. The fraction of sp³-hybridized carbons (Fsp3) is 0.889. The van der Waals surface area contributed by atoms with Crippen LogP contribution in [0.2, 0.25) is 0 Å². The van der Waals surface area contributed by atoms with Crippen molar-refractivity contribution in [2.75, 3.05) is 26.2 Å². The predicted molar refractivity (Wildman–Crippen MR) is 96.3 cm³/mol. The van der Waals surface area contributed by atoms with Crippen LogP contribution < -0.4 is 11.1 Å². The maximum Gasteiger partial charge on any atom is 0.303 e. The van der Waals surface area contributed by atoms with Crippen molar-refractivity contribution >= 4 is 11.9 Å². The molecule has 5 unspecified atom stereocenters. The standard InChI is InChI=1S/C18H34N2O6/c1-5-15-12(2)16(24-13(3)21)17(25-14(4)22)18(26-15)23-11-7-10-20-9-6-8-19/h12,15-18,20H,5-11,19H2,1-4H3.